The van der Waals surface area contributed by atoms with Gasteiger partial charge in [0.15, 0.2) is 34.9 Å². The van der Waals surface area contributed by atoms with Crippen LogP contribution in [0.15, 0.2) is 373 Å². The van der Waals surface area contributed by atoms with Crippen molar-refractivity contribution in [2.45, 2.75) is 32.4 Å². The van der Waals surface area contributed by atoms with E-state index >= 15 is 0 Å². The number of rotatable bonds is 10. The molecule has 0 saturated heterocycles. The SMILES string of the molecule is CC1(C)c2ccccc2-c2ccc(-c3nc(-c4ccccc4)nc(-c4ccccc4-n4c5ccccc5c5ccc6oc7c(-c8ccccc8)cccc7c6c54)n3)cc21.C[Si]1(C)c2ccccc2-c2ccc(-c3nc(-c4ccccc4)nc(-c4ccccc4-n4c5ccccc5c5ccc6oc7c(-c8ccccc8)cccc7c6c54)n3)cc21. The Bertz CT molecular complexity index is 7410. The van der Waals surface area contributed by atoms with Gasteiger partial charge in [-0.15, -0.1) is 0 Å². The Morgan fingerprint density at radius 3 is 1.13 bits per heavy atom. The Labute approximate surface area is 681 Å². The summed E-state index contributed by atoms with van der Waals surface area (Å²) in [6.45, 7) is 9.50. The first-order chi connectivity index (χ1) is 58.1. The second-order valence-electron chi connectivity index (χ2n) is 31.9. The van der Waals surface area contributed by atoms with Crippen molar-refractivity contribution in [2.75, 3.05) is 0 Å². The molecule has 1 aliphatic carbocycles. The van der Waals surface area contributed by atoms with Crippen molar-refractivity contribution in [1.82, 2.24) is 39.0 Å². The van der Waals surface area contributed by atoms with Crippen LogP contribution in [0.2, 0.25) is 13.1 Å². The molecule has 0 saturated carbocycles. The van der Waals surface area contributed by atoms with Crippen molar-refractivity contribution >= 4 is 106 Å². The van der Waals surface area contributed by atoms with Gasteiger partial charge >= 0.3 is 0 Å². The lowest BCUT2D eigenvalue weighted by molar-refractivity contribution is 0.660. The molecule has 0 atom stereocenters. The molecule has 7 heterocycles. The zero-order valence-electron chi connectivity index (χ0n) is 65.0. The second-order valence-corrected chi connectivity index (χ2v) is 36.2. The van der Waals surface area contributed by atoms with E-state index in [1.54, 1.807) is 0 Å². The smallest absolute Gasteiger partial charge is 0.166 e. The van der Waals surface area contributed by atoms with Crippen LogP contribution in [0.5, 0.6) is 0 Å². The highest BCUT2D eigenvalue weighted by molar-refractivity contribution is 7.03. The molecular formula is C107H72N8O2Si. The number of aromatic nitrogens is 8. The van der Waals surface area contributed by atoms with E-state index in [-0.39, 0.29) is 5.41 Å². The molecule has 0 amide bonds. The molecule has 0 N–H and O–H groups in total. The summed E-state index contributed by atoms with van der Waals surface area (Å²) in [6.07, 6.45) is 0. The minimum atomic E-state index is -1.94. The van der Waals surface area contributed by atoms with Crippen molar-refractivity contribution in [3.05, 3.63) is 375 Å². The first-order valence-electron chi connectivity index (χ1n) is 40.2. The van der Waals surface area contributed by atoms with Crippen LogP contribution in [0.1, 0.15) is 25.0 Å². The fourth-order valence-electron chi connectivity index (χ4n) is 19.0. The largest absolute Gasteiger partial charge is 0.455 e. The van der Waals surface area contributed by atoms with Crippen LogP contribution >= 0.6 is 0 Å². The van der Waals surface area contributed by atoms with Gasteiger partial charge in [0.25, 0.3) is 0 Å². The van der Waals surface area contributed by atoms with Gasteiger partial charge in [-0.05, 0) is 122 Å². The first-order valence-corrected chi connectivity index (χ1v) is 43.2. The van der Waals surface area contributed by atoms with E-state index in [4.69, 9.17) is 38.7 Å². The van der Waals surface area contributed by atoms with Gasteiger partial charge in [-0.2, -0.15) is 0 Å². The van der Waals surface area contributed by atoms with E-state index in [0.717, 1.165) is 149 Å². The zero-order valence-corrected chi connectivity index (χ0v) is 66.0. The normalized spacial score (nSPS) is 13.1. The minimum Gasteiger partial charge on any atom is -0.455 e. The van der Waals surface area contributed by atoms with E-state index in [1.165, 1.54) is 49.1 Å². The maximum atomic E-state index is 6.80. The molecule has 118 heavy (non-hydrogen) atoms. The monoisotopic (exact) mass is 1530 g/mol. The Balaban J connectivity index is 0.000000138. The molecule has 0 bridgehead atoms. The topological polar surface area (TPSA) is 113 Å². The third kappa shape index (κ3) is 10.7. The predicted molar refractivity (Wildman–Crippen MR) is 486 cm³/mol. The van der Waals surface area contributed by atoms with Crippen LogP contribution < -0.4 is 10.4 Å². The summed E-state index contributed by atoms with van der Waals surface area (Å²) in [7, 11) is -1.94. The average Bonchev–Trinajstić information content (AvgIpc) is 1.55. The van der Waals surface area contributed by atoms with Gasteiger partial charge in [0, 0.05) is 82.2 Å². The van der Waals surface area contributed by atoms with Crippen molar-refractivity contribution in [1.29, 1.82) is 0 Å². The Morgan fingerprint density at radius 2 is 0.619 bits per heavy atom. The molecule has 22 aromatic rings. The summed E-state index contributed by atoms with van der Waals surface area (Å²) in [6, 6.07) is 128. The number of fused-ring (bicyclic) bond motifs is 20. The lowest BCUT2D eigenvalue weighted by Gasteiger charge is -2.21. The van der Waals surface area contributed by atoms with E-state index in [0.29, 0.717) is 34.9 Å². The average molecular weight is 1530 g/mol. The highest BCUT2D eigenvalue weighted by Crippen LogP contribution is 2.51. The van der Waals surface area contributed by atoms with Gasteiger partial charge in [-0.3, -0.25) is 0 Å². The molecule has 2 aliphatic rings. The number of benzene rings is 16. The second kappa shape index (κ2) is 26.8. The summed E-state index contributed by atoms with van der Waals surface area (Å²) in [5.41, 5.74) is 27.5. The predicted octanol–water partition coefficient (Wildman–Crippen LogP) is 26.2. The Hall–Kier alpha value is -15.0. The van der Waals surface area contributed by atoms with Crippen LogP contribution in [0.4, 0.5) is 0 Å². The molecule has 11 heteroatoms. The minimum absolute atomic E-state index is 0.159. The van der Waals surface area contributed by atoms with Crippen LogP contribution in [0.25, 0.3) is 212 Å². The van der Waals surface area contributed by atoms with Crippen molar-refractivity contribution in [2.24, 2.45) is 0 Å². The van der Waals surface area contributed by atoms with E-state index in [9.17, 15) is 0 Å². The lowest BCUT2D eigenvalue weighted by Crippen LogP contribution is -2.49. The lowest BCUT2D eigenvalue weighted by atomic mass is 9.82. The third-order valence-electron chi connectivity index (χ3n) is 24.5. The van der Waals surface area contributed by atoms with Gasteiger partial charge in [0.05, 0.1) is 44.2 Å². The van der Waals surface area contributed by atoms with Gasteiger partial charge in [0.2, 0.25) is 0 Å². The number of nitrogens with zero attached hydrogens (tertiary/aromatic N) is 8. The summed E-state index contributed by atoms with van der Waals surface area (Å²) >= 11 is 0. The number of hydrogen-bond acceptors (Lipinski definition) is 8. The standard InChI is InChI=1S/C54H36N4O.C53H36N4OSi/c1-54(2)43-25-12-9-20-37(43)38-29-28-35(32-44(38)54)52-55-51(34-18-7-4-8-19-34)56-53(57-52)41-22-11-14-27-46(41)58-45-26-13-10-21-39(45)40-30-31-47-48(49(40)58)42-24-15-23-36(50(42)59-47)33-16-5-3-6-17-33;1-59(2)46-27-14-11-21-38(46)39-29-28-35(32-47(39)59)52-54-51(34-18-7-4-8-19-34)55-53(56-52)41-22-10-13-26-44(41)57-43-25-12-9-20-37(43)40-30-31-45-48(49(40)57)42-24-15-23-36(50(42)58-45)33-16-5-3-6-17-33/h2*3-32H,1-2H3. The quantitative estimate of drug-likeness (QED) is 0.124. The van der Waals surface area contributed by atoms with Crippen LogP contribution in [-0.4, -0.2) is 47.1 Å². The molecule has 10 nitrogen and oxygen atoms in total. The molecule has 24 rings (SSSR count). The van der Waals surface area contributed by atoms with Crippen LogP contribution in [0.3, 0.4) is 0 Å². The molecule has 0 fully saturated rings. The zero-order chi connectivity index (χ0) is 78.5. The maximum absolute atomic E-state index is 6.80. The molecule has 6 aromatic heterocycles. The number of para-hydroxylation sites is 6. The van der Waals surface area contributed by atoms with Gasteiger partial charge in [-0.25, -0.2) is 29.9 Å². The summed E-state index contributed by atoms with van der Waals surface area (Å²) < 4.78 is 18.4. The highest BCUT2D eigenvalue weighted by Gasteiger charge is 2.39. The van der Waals surface area contributed by atoms with Gasteiger partial charge in [0.1, 0.15) is 30.4 Å². The van der Waals surface area contributed by atoms with E-state index < -0.39 is 8.07 Å². The number of hydrogen-bond donors (Lipinski definition) is 0. The van der Waals surface area contributed by atoms with E-state index in [1.807, 2.05) is 48.5 Å². The molecule has 16 aromatic carbocycles. The highest BCUT2D eigenvalue weighted by atomic mass is 28.3. The molecular weight excluding hydrogens is 1460 g/mol. The van der Waals surface area contributed by atoms with Gasteiger partial charge < -0.3 is 18.0 Å². The maximum Gasteiger partial charge on any atom is 0.166 e. The first kappa shape index (κ1) is 68.5. The molecule has 0 spiro atoms. The fourth-order valence-corrected chi connectivity index (χ4v) is 22.1. The Morgan fingerprint density at radius 1 is 0.254 bits per heavy atom. The summed E-state index contributed by atoms with van der Waals surface area (Å²) in [5, 5.41) is 11.8. The van der Waals surface area contributed by atoms with Crippen molar-refractivity contribution in [3.8, 4) is 124 Å². The van der Waals surface area contributed by atoms with E-state index in [2.05, 4.69) is 352 Å². The van der Waals surface area contributed by atoms with Gasteiger partial charge in [-0.1, -0.05) is 324 Å². The molecule has 0 unspecified atom stereocenters. The number of furan rings is 2. The van der Waals surface area contributed by atoms with Crippen LogP contribution in [-0.2, 0) is 5.41 Å². The summed E-state index contributed by atoms with van der Waals surface area (Å²) in [4.78, 5) is 31.6. The molecule has 1 aliphatic heterocycles. The summed E-state index contributed by atoms with van der Waals surface area (Å²) in [5.74, 6) is 3.78. The fraction of sp³-hybridized carbons (Fsp3) is 0.0467. The molecule has 556 valence electrons. The van der Waals surface area contributed by atoms with Crippen LogP contribution in [0, 0.1) is 0 Å². The molecule has 0 radical (unpaired) electrons. The van der Waals surface area contributed by atoms with Crippen molar-refractivity contribution in [3.63, 3.8) is 0 Å². The van der Waals surface area contributed by atoms with Crippen molar-refractivity contribution < 1.29 is 8.83 Å². The Kier molecular flexibility index (Phi) is 15.6. The third-order valence-corrected chi connectivity index (χ3v) is 28.1.